The van der Waals surface area contributed by atoms with Gasteiger partial charge in [0.15, 0.2) is 0 Å². The molecule has 1 aromatic heterocycles. The van der Waals surface area contributed by atoms with E-state index in [-0.39, 0.29) is 35.2 Å². The van der Waals surface area contributed by atoms with Crippen molar-refractivity contribution in [3.8, 4) is 0 Å². The van der Waals surface area contributed by atoms with Crippen molar-refractivity contribution in [2.75, 3.05) is 5.32 Å². The molecule has 0 radical (unpaired) electrons. The summed E-state index contributed by atoms with van der Waals surface area (Å²) >= 11 is 0. The molecule has 36 heavy (non-hydrogen) atoms. The summed E-state index contributed by atoms with van der Waals surface area (Å²) in [5.41, 5.74) is 3.65. The molecular formula is C27H23F3N4O2. The number of para-hydroxylation sites is 1. The zero-order valence-corrected chi connectivity index (χ0v) is 19.1. The highest BCUT2D eigenvalue weighted by Crippen LogP contribution is 2.31. The van der Waals surface area contributed by atoms with E-state index < -0.39 is 18.0 Å². The Labute approximate surface area is 204 Å². The van der Waals surface area contributed by atoms with Crippen LogP contribution in [0.15, 0.2) is 72.8 Å². The molecular weight excluding hydrogens is 469 g/mol. The molecule has 0 unspecified atom stereocenters. The van der Waals surface area contributed by atoms with E-state index in [1.165, 1.54) is 6.07 Å². The molecule has 5 rings (SSSR count). The number of hydrogen-bond donors (Lipinski definition) is 3. The van der Waals surface area contributed by atoms with Crippen LogP contribution in [-0.4, -0.2) is 21.8 Å². The normalized spacial score (nSPS) is 16.3. The molecule has 0 aliphatic carbocycles. The number of alkyl halides is 3. The second-order valence-electron chi connectivity index (χ2n) is 8.86. The summed E-state index contributed by atoms with van der Waals surface area (Å²) in [7, 11) is 0. The lowest BCUT2D eigenvalue weighted by Gasteiger charge is -2.25. The number of carbonyl (C=O) groups excluding carboxylic acids is 2. The van der Waals surface area contributed by atoms with Gasteiger partial charge in [0.25, 0.3) is 0 Å². The molecule has 0 spiro atoms. The van der Waals surface area contributed by atoms with Crippen LogP contribution in [0.5, 0.6) is 0 Å². The van der Waals surface area contributed by atoms with Crippen molar-refractivity contribution in [1.29, 1.82) is 0 Å². The molecule has 0 saturated carbocycles. The Bertz CT molecular complexity index is 1420. The van der Waals surface area contributed by atoms with Gasteiger partial charge in [0.2, 0.25) is 17.6 Å². The molecule has 2 atom stereocenters. The largest absolute Gasteiger partial charge is 0.449 e. The summed E-state index contributed by atoms with van der Waals surface area (Å²) in [5.74, 6) is -1.74. The number of fused-ring (bicyclic) bond motifs is 2. The SMILES string of the molecule is O=C(CC[C@H]1Cc2ccccc2NC1=O)N[C@H](c1ccccc1)c1ccc2nc(C(F)(F)F)[nH]c2c1. The Morgan fingerprint density at radius 1 is 1.03 bits per heavy atom. The third-order valence-electron chi connectivity index (χ3n) is 6.38. The Morgan fingerprint density at radius 3 is 2.56 bits per heavy atom. The number of nitrogens with zero attached hydrogens (tertiary/aromatic N) is 1. The van der Waals surface area contributed by atoms with E-state index in [2.05, 4.69) is 20.6 Å². The standard InChI is InChI=1S/C27H23F3N4O2/c28-27(29,30)26-32-21-12-10-18(15-22(21)33-26)24(16-6-2-1-3-7-16)34-23(35)13-11-19-14-17-8-4-5-9-20(17)31-25(19)36/h1-10,12,15,19,24H,11,13-14H2,(H,31,36)(H,32,33)(H,34,35)/t19-,24+/m0/s1. The Balaban J connectivity index is 1.34. The van der Waals surface area contributed by atoms with Crippen molar-refractivity contribution >= 4 is 28.5 Å². The molecule has 0 bridgehead atoms. The van der Waals surface area contributed by atoms with E-state index in [0.717, 1.165) is 16.8 Å². The number of imidazole rings is 1. The van der Waals surface area contributed by atoms with Crippen LogP contribution in [0.3, 0.4) is 0 Å². The number of amides is 2. The first-order valence-electron chi connectivity index (χ1n) is 11.6. The molecule has 6 nitrogen and oxygen atoms in total. The zero-order valence-electron chi connectivity index (χ0n) is 19.1. The molecule has 0 fully saturated rings. The van der Waals surface area contributed by atoms with Crippen LogP contribution in [0.1, 0.15) is 41.4 Å². The molecule has 3 N–H and O–H groups in total. The maximum absolute atomic E-state index is 13.1. The van der Waals surface area contributed by atoms with Gasteiger partial charge < -0.3 is 15.6 Å². The molecule has 2 heterocycles. The smallest absolute Gasteiger partial charge is 0.345 e. The summed E-state index contributed by atoms with van der Waals surface area (Å²) in [5, 5.41) is 5.89. The number of hydrogen-bond acceptors (Lipinski definition) is 3. The Hall–Kier alpha value is -4.14. The predicted molar refractivity (Wildman–Crippen MR) is 129 cm³/mol. The third kappa shape index (κ3) is 4.95. The lowest BCUT2D eigenvalue weighted by molar-refractivity contribution is -0.144. The van der Waals surface area contributed by atoms with Crippen molar-refractivity contribution in [2.45, 2.75) is 31.5 Å². The van der Waals surface area contributed by atoms with E-state index in [0.29, 0.717) is 18.4 Å². The Kier molecular flexibility index (Phi) is 6.22. The topological polar surface area (TPSA) is 86.9 Å². The number of anilines is 1. The fourth-order valence-corrected chi connectivity index (χ4v) is 4.53. The van der Waals surface area contributed by atoms with Crippen molar-refractivity contribution < 1.29 is 22.8 Å². The van der Waals surface area contributed by atoms with E-state index in [4.69, 9.17) is 0 Å². The molecule has 9 heteroatoms. The highest BCUT2D eigenvalue weighted by atomic mass is 19.4. The van der Waals surface area contributed by atoms with Gasteiger partial charge in [-0.05, 0) is 47.7 Å². The first-order valence-corrected chi connectivity index (χ1v) is 11.6. The second-order valence-corrected chi connectivity index (χ2v) is 8.86. The van der Waals surface area contributed by atoms with Gasteiger partial charge in [-0.3, -0.25) is 9.59 Å². The highest BCUT2D eigenvalue weighted by Gasteiger charge is 2.35. The lowest BCUT2D eigenvalue weighted by atomic mass is 9.89. The maximum atomic E-state index is 13.1. The van der Waals surface area contributed by atoms with Crippen molar-refractivity contribution in [1.82, 2.24) is 15.3 Å². The second kappa shape index (κ2) is 9.49. The number of benzene rings is 3. The molecule has 4 aromatic rings. The summed E-state index contributed by atoms with van der Waals surface area (Å²) in [6, 6.07) is 20.9. The van der Waals surface area contributed by atoms with Crippen LogP contribution in [0, 0.1) is 5.92 Å². The third-order valence-corrected chi connectivity index (χ3v) is 6.38. The summed E-state index contributed by atoms with van der Waals surface area (Å²) in [4.78, 5) is 31.4. The summed E-state index contributed by atoms with van der Waals surface area (Å²) in [6.07, 6.45) is -3.51. The minimum Gasteiger partial charge on any atom is -0.345 e. The maximum Gasteiger partial charge on any atom is 0.449 e. The fourth-order valence-electron chi connectivity index (χ4n) is 4.53. The average Bonchev–Trinajstić information content (AvgIpc) is 3.31. The molecule has 2 amide bonds. The van der Waals surface area contributed by atoms with Gasteiger partial charge in [-0.2, -0.15) is 13.2 Å². The van der Waals surface area contributed by atoms with Crippen LogP contribution in [0.2, 0.25) is 0 Å². The van der Waals surface area contributed by atoms with Gasteiger partial charge >= 0.3 is 6.18 Å². The van der Waals surface area contributed by atoms with Crippen molar-refractivity contribution in [2.24, 2.45) is 5.92 Å². The fraction of sp³-hybridized carbons (Fsp3) is 0.222. The molecule has 0 saturated heterocycles. The van der Waals surface area contributed by atoms with Crippen LogP contribution >= 0.6 is 0 Å². The summed E-state index contributed by atoms with van der Waals surface area (Å²) < 4.78 is 39.3. The highest BCUT2D eigenvalue weighted by molar-refractivity contribution is 5.96. The lowest BCUT2D eigenvalue weighted by Crippen LogP contribution is -2.33. The first kappa shape index (κ1) is 23.6. The number of aromatic nitrogens is 2. The summed E-state index contributed by atoms with van der Waals surface area (Å²) in [6.45, 7) is 0. The molecule has 3 aromatic carbocycles. The number of nitrogens with one attached hydrogen (secondary N) is 3. The van der Waals surface area contributed by atoms with Gasteiger partial charge in [0, 0.05) is 18.0 Å². The minimum absolute atomic E-state index is 0.105. The van der Waals surface area contributed by atoms with Gasteiger partial charge in [0.05, 0.1) is 17.1 Å². The van der Waals surface area contributed by atoms with Gasteiger partial charge in [-0.1, -0.05) is 54.6 Å². The van der Waals surface area contributed by atoms with Gasteiger partial charge in [0.1, 0.15) is 0 Å². The minimum atomic E-state index is -4.59. The van der Waals surface area contributed by atoms with Crippen LogP contribution < -0.4 is 10.6 Å². The predicted octanol–water partition coefficient (Wildman–Crippen LogP) is 5.38. The van der Waals surface area contributed by atoms with Crippen LogP contribution in [0.25, 0.3) is 11.0 Å². The van der Waals surface area contributed by atoms with Gasteiger partial charge in [-0.15, -0.1) is 0 Å². The number of halogens is 3. The Morgan fingerprint density at radius 2 is 1.78 bits per heavy atom. The van der Waals surface area contributed by atoms with Gasteiger partial charge in [-0.25, -0.2) is 4.98 Å². The molecule has 1 aliphatic rings. The molecule has 184 valence electrons. The first-order chi connectivity index (χ1) is 17.3. The number of aromatic amines is 1. The number of H-pyrrole nitrogens is 1. The van der Waals surface area contributed by atoms with Crippen molar-refractivity contribution in [3.63, 3.8) is 0 Å². The number of carbonyl (C=O) groups is 2. The monoisotopic (exact) mass is 492 g/mol. The van der Waals surface area contributed by atoms with Crippen LogP contribution in [0.4, 0.5) is 18.9 Å². The van der Waals surface area contributed by atoms with E-state index >= 15 is 0 Å². The van der Waals surface area contributed by atoms with E-state index in [1.54, 1.807) is 12.1 Å². The van der Waals surface area contributed by atoms with Crippen LogP contribution in [-0.2, 0) is 22.2 Å². The zero-order chi connectivity index (χ0) is 25.3. The van der Waals surface area contributed by atoms with Crippen molar-refractivity contribution in [3.05, 3.63) is 95.3 Å². The van der Waals surface area contributed by atoms with E-state index in [1.807, 2.05) is 54.6 Å². The quantitative estimate of drug-likeness (QED) is 0.338. The molecule has 1 aliphatic heterocycles. The van der Waals surface area contributed by atoms with E-state index in [9.17, 15) is 22.8 Å². The number of rotatable bonds is 6. The average molecular weight is 493 g/mol.